The molecule has 0 unspecified atom stereocenters. The summed E-state index contributed by atoms with van der Waals surface area (Å²) >= 11 is 1.75. The summed E-state index contributed by atoms with van der Waals surface area (Å²) in [5.41, 5.74) is 1.34. The molecule has 2 nitrogen and oxygen atoms in total. The third-order valence-electron chi connectivity index (χ3n) is 1.58. The maximum absolute atomic E-state index is 4.18. The van der Waals surface area contributed by atoms with E-state index in [0.717, 1.165) is 6.42 Å². The Hall–Kier alpha value is -0.830. The maximum atomic E-state index is 4.18. The first kappa shape index (κ1) is 5.92. The molecule has 0 aliphatic heterocycles. The monoisotopic (exact) mass is 152 g/mol. The lowest BCUT2D eigenvalue weighted by Gasteiger charge is -1.83. The first-order valence-electron chi connectivity index (χ1n) is 3.31. The Morgan fingerprint density at radius 2 is 2.60 bits per heavy atom. The van der Waals surface area contributed by atoms with Gasteiger partial charge in [0.1, 0.15) is 4.83 Å². The van der Waals surface area contributed by atoms with Crippen LogP contribution in [0, 0.1) is 0 Å². The van der Waals surface area contributed by atoms with Crippen molar-refractivity contribution >= 4 is 16.2 Å². The molecule has 52 valence electrons. The molecule has 2 aromatic rings. The molecule has 2 aromatic heterocycles. The molecule has 0 aliphatic rings. The number of thiazole rings is 1. The normalized spacial score (nSPS) is 10.9. The van der Waals surface area contributed by atoms with E-state index in [1.165, 1.54) is 10.4 Å². The second kappa shape index (κ2) is 2.09. The molecule has 0 aliphatic carbocycles. The second-order valence-electron chi connectivity index (χ2n) is 2.18. The van der Waals surface area contributed by atoms with Crippen LogP contribution in [0.2, 0.25) is 0 Å². The topological polar surface area (TPSA) is 17.3 Å². The first-order valence-corrected chi connectivity index (χ1v) is 4.19. The number of aryl methyl sites for hydroxylation is 1. The quantitative estimate of drug-likeness (QED) is 0.610. The molecular weight excluding hydrogens is 144 g/mol. The van der Waals surface area contributed by atoms with Gasteiger partial charge in [0.25, 0.3) is 0 Å². The predicted molar refractivity (Wildman–Crippen MR) is 42.4 cm³/mol. The van der Waals surface area contributed by atoms with Gasteiger partial charge < -0.3 is 0 Å². The Balaban J connectivity index is 2.76. The molecule has 0 atom stereocenters. The standard InChI is InChI=1S/C7H8N2S/c1-2-6-5-8-9-3-4-10-7(6)9/h3-5H,2H2,1H3. The van der Waals surface area contributed by atoms with Gasteiger partial charge in [-0.2, -0.15) is 5.10 Å². The van der Waals surface area contributed by atoms with Crippen LogP contribution in [0.15, 0.2) is 17.8 Å². The second-order valence-corrected chi connectivity index (χ2v) is 3.07. The average Bonchev–Trinajstić information content (AvgIpc) is 2.44. The molecule has 0 fully saturated rings. The molecule has 0 saturated heterocycles. The summed E-state index contributed by atoms with van der Waals surface area (Å²) in [5.74, 6) is 0. The van der Waals surface area contributed by atoms with Crippen LogP contribution in [0.3, 0.4) is 0 Å². The minimum Gasteiger partial charge on any atom is -0.230 e. The van der Waals surface area contributed by atoms with Gasteiger partial charge in [0.05, 0.1) is 6.20 Å². The molecule has 0 bridgehead atoms. The van der Waals surface area contributed by atoms with Gasteiger partial charge in [-0.15, -0.1) is 11.3 Å². The van der Waals surface area contributed by atoms with Crippen LogP contribution in [-0.4, -0.2) is 9.61 Å². The Morgan fingerprint density at radius 1 is 1.70 bits per heavy atom. The zero-order valence-electron chi connectivity index (χ0n) is 5.74. The summed E-state index contributed by atoms with van der Waals surface area (Å²) in [7, 11) is 0. The summed E-state index contributed by atoms with van der Waals surface area (Å²) in [6.07, 6.45) is 5.00. The van der Waals surface area contributed by atoms with Crippen molar-refractivity contribution in [2.24, 2.45) is 0 Å². The van der Waals surface area contributed by atoms with Crippen LogP contribution in [0.1, 0.15) is 12.5 Å². The van der Waals surface area contributed by atoms with Crippen LogP contribution in [0.25, 0.3) is 4.83 Å². The molecule has 0 N–H and O–H groups in total. The van der Waals surface area contributed by atoms with Gasteiger partial charge in [-0.3, -0.25) is 0 Å². The minimum absolute atomic E-state index is 1.07. The van der Waals surface area contributed by atoms with E-state index in [9.17, 15) is 0 Å². The number of aromatic nitrogens is 2. The molecular formula is C7H8N2S. The van der Waals surface area contributed by atoms with E-state index in [0.29, 0.717) is 0 Å². The molecule has 0 radical (unpaired) electrons. The highest BCUT2D eigenvalue weighted by atomic mass is 32.1. The smallest absolute Gasteiger partial charge is 0.122 e. The fraction of sp³-hybridized carbons (Fsp3) is 0.286. The van der Waals surface area contributed by atoms with Crippen LogP contribution >= 0.6 is 11.3 Å². The summed E-state index contributed by atoms with van der Waals surface area (Å²) in [6.45, 7) is 2.15. The molecule has 0 amide bonds. The van der Waals surface area contributed by atoms with Gasteiger partial charge in [0.2, 0.25) is 0 Å². The van der Waals surface area contributed by atoms with Crippen molar-refractivity contribution < 1.29 is 0 Å². The summed E-state index contributed by atoms with van der Waals surface area (Å²) in [5, 5.41) is 6.23. The number of fused-ring (bicyclic) bond motifs is 1. The summed E-state index contributed by atoms with van der Waals surface area (Å²) < 4.78 is 1.92. The van der Waals surface area contributed by atoms with Crippen molar-refractivity contribution in [3.8, 4) is 0 Å². The van der Waals surface area contributed by atoms with Gasteiger partial charge in [-0.1, -0.05) is 6.92 Å². The molecule has 0 saturated carbocycles. The van der Waals surface area contributed by atoms with E-state index in [2.05, 4.69) is 17.4 Å². The van der Waals surface area contributed by atoms with E-state index in [1.807, 2.05) is 16.9 Å². The van der Waals surface area contributed by atoms with Crippen molar-refractivity contribution in [2.45, 2.75) is 13.3 Å². The summed E-state index contributed by atoms with van der Waals surface area (Å²) in [6, 6.07) is 0. The average molecular weight is 152 g/mol. The Morgan fingerprint density at radius 3 is 3.40 bits per heavy atom. The molecule has 0 aromatic carbocycles. The molecule has 10 heavy (non-hydrogen) atoms. The van der Waals surface area contributed by atoms with Gasteiger partial charge >= 0.3 is 0 Å². The van der Waals surface area contributed by atoms with Gasteiger partial charge in [-0.05, 0) is 6.42 Å². The van der Waals surface area contributed by atoms with Crippen molar-refractivity contribution in [1.82, 2.24) is 9.61 Å². The molecule has 3 heteroatoms. The van der Waals surface area contributed by atoms with Crippen molar-refractivity contribution in [1.29, 1.82) is 0 Å². The van der Waals surface area contributed by atoms with Crippen molar-refractivity contribution in [3.05, 3.63) is 23.3 Å². The van der Waals surface area contributed by atoms with E-state index in [4.69, 9.17) is 0 Å². The van der Waals surface area contributed by atoms with E-state index >= 15 is 0 Å². The van der Waals surface area contributed by atoms with Crippen LogP contribution < -0.4 is 0 Å². The third kappa shape index (κ3) is 0.671. The SMILES string of the molecule is CCc1cnn2ccsc12. The molecule has 0 spiro atoms. The van der Waals surface area contributed by atoms with E-state index < -0.39 is 0 Å². The van der Waals surface area contributed by atoms with Gasteiger partial charge in [0.15, 0.2) is 0 Å². The van der Waals surface area contributed by atoms with Crippen LogP contribution in [0.5, 0.6) is 0 Å². The zero-order valence-corrected chi connectivity index (χ0v) is 6.56. The Bertz CT molecular complexity index is 334. The van der Waals surface area contributed by atoms with Crippen molar-refractivity contribution in [3.63, 3.8) is 0 Å². The number of hydrogen-bond acceptors (Lipinski definition) is 2. The lowest BCUT2D eigenvalue weighted by Crippen LogP contribution is -1.75. The number of rotatable bonds is 1. The lowest BCUT2D eigenvalue weighted by atomic mass is 10.3. The zero-order chi connectivity index (χ0) is 6.97. The molecule has 2 rings (SSSR count). The summed E-state index contributed by atoms with van der Waals surface area (Å²) in [4.78, 5) is 1.28. The van der Waals surface area contributed by atoms with Crippen molar-refractivity contribution in [2.75, 3.05) is 0 Å². The van der Waals surface area contributed by atoms with Crippen LogP contribution in [-0.2, 0) is 6.42 Å². The Labute approximate surface area is 63.1 Å². The fourth-order valence-electron chi connectivity index (χ4n) is 1.02. The highest BCUT2D eigenvalue weighted by molar-refractivity contribution is 7.15. The maximum Gasteiger partial charge on any atom is 0.122 e. The molecule has 2 heterocycles. The van der Waals surface area contributed by atoms with Gasteiger partial charge in [-0.25, -0.2) is 4.52 Å². The predicted octanol–water partition coefficient (Wildman–Crippen LogP) is 1.96. The first-order chi connectivity index (χ1) is 4.92. The largest absolute Gasteiger partial charge is 0.230 e. The fourth-order valence-corrected chi connectivity index (χ4v) is 1.89. The number of nitrogens with zero attached hydrogens (tertiary/aromatic N) is 2. The van der Waals surface area contributed by atoms with Crippen LogP contribution in [0.4, 0.5) is 0 Å². The third-order valence-corrected chi connectivity index (χ3v) is 2.51. The highest BCUT2D eigenvalue weighted by Gasteiger charge is 2.00. The van der Waals surface area contributed by atoms with E-state index in [1.54, 1.807) is 11.3 Å². The van der Waals surface area contributed by atoms with E-state index in [-0.39, 0.29) is 0 Å². The van der Waals surface area contributed by atoms with Gasteiger partial charge in [0, 0.05) is 17.1 Å². The number of hydrogen-bond donors (Lipinski definition) is 0. The highest BCUT2D eigenvalue weighted by Crippen LogP contribution is 2.16. The lowest BCUT2D eigenvalue weighted by molar-refractivity contribution is 0.977. The minimum atomic E-state index is 1.07. The Kier molecular flexibility index (Phi) is 1.24.